The van der Waals surface area contributed by atoms with Crippen LogP contribution in [0.5, 0.6) is 11.5 Å². The normalized spacial score (nSPS) is 18.5. The summed E-state index contributed by atoms with van der Waals surface area (Å²) in [7, 11) is 0. The summed E-state index contributed by atoms with van der Waals surface area (Å²) >= 11 is 0.967. The molecule has 3 rings (SSSR count). The van der Waals surface area contributed by atoms with Gasteiger partial charge in [-0.2, -0.15) is 13.2 Å². The third-order valence-electron chi connectivity index (χ3n) is 5.40. The predicted molar refractivity (Wildman–Crippen MR) is 116 cm³/mol. The Morgan fingerprint density at radius 3 is 2.45 bits per heavy atom. The summed E-state index contributed by atoms with van der Waals surface area (Å²) in [6.45, 7) is 2.50. The fraction of sp³-hybridized carbons (Fsp3) is 0.364. The van der Waals surface area contributed by atoms with E-state index in [1.165, 1.54) is 19.9 Å². The lowest BCUT2D eigenvalue weighted by molar-refractivity contribution is -0.256. The highest BCUT2D eigenvalue weighted by Gasteiger charge is 2.61. The number of aromatic hydroxyl groups is 2. The van der Waals surface area contributed by atoms with Crippen molar-refractivity contribution in [2.45, 2.75) is 43.5 Å². The number of aliphatic imine (C=N–C) groups is 1. The van der Waals surface area contributed by atoms with Crippen molar-refractivity contribution in [1.82, 2.24) is 5.32 Å². The Morgan fingerprint density at radius 2 is 1.82 bits per heavy atom. The number of rotatable bonds is 5. The van der Waals surface area contributed by atoms with Gasteiger partial charge >= 0.3 is 6.18 Å². The molecule has 1 amide bonds. The number of hydrogen-bond acceptors (Lipinski definition) is 6. The van der Waals surface area contributed by atoms with Crippen LogP contribution < -0.4 is 5.32 Å². The molecule has 0 bridgehead atoms. The second-order valence-corrected chi connectivity index (χ2v) is 9.36. The van der Waals surface area contributed by atoms with Crippen LogP contribution in [0.3, 0.4) is 0 Å². The molecule has 2 aromatic carbocycles. The lowest BCUT2D eigenvalue weighted by Gasteiger charge is -2.36. The van der Waals surface area contributed by atoms with Crippen molar-refractivity contribution in [3.8, 4) is 11.5 Å². The fourth-order valence-electron chi connectivity index (χ4n) is 3.67. The van der Waals surface area contributed by atoms with E-state index < -0.39 is 47.1 Å². The highest BCUT2D eigenvalue weighted by atomic mass is 32.2. The number of alkyl halides is 3. The molecule has 0 radical (unpaired) electrons. The Labute approximate surface area is 191 Å². The summed E-state index contributed by atoms with van der Waals surface area (Å²) < 4.78 is 55.4. The van der Waals surface area contributed by atoms with Crippen LogP contribution in [0.4, 0.5) is 17.6 Å². The predicted octanol–water partition coefficient (Wildman–Crippen LogP) is 4.16. The number of phenolic OH excluding ortho intramolecular Hbond substituents is 2. The van der Waals surface area contributed by atoms with Crippen LogP contribution in [0.2, 0.25) is 0 Å². The van der Waals surface area contributed by atoms with Gasteiger partial charge in [0.2, 0.25) is 5.60 Å². The number of aliphatic hydroxyl groups is 1. The number of carbonyl (C=O) groups excluding carboxylic acids is 1. The number of thioether (sulfide) groups is 1. The first-order chi connectivity index (χ1) is 15.2. The van der Waals surface area contributed by atoms with Gasteiger partial charge in [0.15, 0.2) is 5.17 Å². The van der Waals surface area contributed by atoms with Crippen LogP contribution in [0.15, 0.2) is 47.5 Å². The first kappa shape index (κ1) is 24.8. The zero-order valence-electron chi connectivity index (χ0n) is 17.7. The zero-order chi connectivity index (χ0) is 24.6. The highest BCUT2D eigenvalue weighted by Crippen LogP contribution is 2.44. The minimum Gasteiger partial charge on any atom is -0.508 e. The Hall–Kier alpha value is -2.79. The van der Waals surface area contributed by atoms with Gasteiger partial charge < -0.3 is 20.6 Å². The molecule has 33 heavy (non-hydrogen) atoms. The molecule has 2 aromatic rings. The smallest absolute Gasteiger partial charge is 0.426 e. The highest BCUT2D eigenvalue weighted by molar-refractivity contribution is 8.14. The number of nitrogens with zero attached hydrogens (tertiary/aromatic N) is 1. The number of amidine groups is 1. The van der Waals surface area contributed by atoms with Crippen molar-refractivity contribution in [3.05, 3.63) is 59.4 Å². The van der Waals surface area contributed by atoms with Crippen molar-refractivity contribution in [1.29, 1.82) is 0 Å². The summed E-state index contributed by atoms with van der Waals surface area (Å²) in [4.78, 5) is 16.8. The Morgan fingerprint density at radius 1 is 1.15 bits per heavy atom. The fourth-order valence-corrected chi connectivity index (χ4v) is 4.60. The average molecular weight is 486 g/mol. The number of carbonyl (C=O) groups is 1. The Kier molecular flexibility index (Phi) is 6.67. The van der Waals surface area contributed by atoms with E-state index >= 15 is 0 Å². The van der Waals surface area contributed by atoms with Gasteiger partial charge in [-0.1, -0.05) is 43.8 Å². The lowest BCUT2D eigenvalue weighted by Crippen LogP contribution is -2.59. The van der Waals surface area contributed by atoms with E-state index in [0.717, 1.165) is 30.0 Å². The van der Waals surface area contributed by atoms with Gasteiger partial charge in [0.05, 0.1) is 6.04 Å². The largest absolute Gasteiger partial charge is 0.508 e. The number of hydrogen-bond donors (Lipinski definition) is 4. The van der Waals surface area contributed by atoms with Crippen molar-refractivity contribution in [2.24, 2.45) is 4.99 Å². The van der Waals surface area contributed by atoms with Crippen LogP contribution in [0, 0.1) is 5.82 Å². The summed E-state index contributed by atoms with van der Waals surface area (Å²) in [6.07, 6.45) is -6.56. The maximum atomic E-state index is 13.9. The average Bonchev–Trinajstić information content (AvgIpc) is 3.17. The van der Waals surface area contributed by atoms with Crippen molar-refractivity contribution in [3.63, 3.8) is 0 Å². The van der Waals surface area contributed by atoms with E-state index in [1.807, 2.05) is 5.32 Å². The van der Waals surface area contributed by atoms with E-state index in [0.29, 0.717) is 5.56 Å². The molecular weight excluding hydrogens is 464 g/mol. The van der Waals surface area contributed by atoms with Crippen molar-refractivity contribution < 1.29 is 37.7 Å². The number of benzene rings is 2. The van der Waals surface area contributed by atoms with Gasteiger partial charge in [-0.25, -0.2) is 4.39 Å². The van der Waals surface area contributed by atoms with E-state index in [-0.39, 0.29) is 22.2 Å². The Balaban J connectivity index is 1.87. The number of phenols is 2. The van der Waals surface area contributed by atoms with Crippen LogP contribution in [0.1, 0.15) is 37.4 Å². The number of halogens is 4. The lowest BCUT2D eigenvalue weighted by atomic mass is 9.74. The molecule has 0 aromatic heterocycles. The molecule has 6 nitrogen and oxygen atoms in total. The van der Waals surface area contributed by atoms with E-state index in [2.05, 4.69) is 4.99 Å². The van der Waals surface area contributed by atoms with Gasteiger partial charge in [-0.05, 0) is 29.7 Å². The van der Waals surface area contributed by atoms with Crippen molar-refractivity contribution >= 4 is 22.8 Å². The van der Waals surface area contributed by atoms with E-state index in [4.69, 9.17) is 0 Å². The molecule has 4 N–H and O–H groups in total. The maximum Gasteiger partial charge on any atom is 0.426 e. The minimum atomic E-state index is -5.38. The maximum absolute atomic E-state index is 13.9. The quantitative estimate of drug-likeness (QED) is 0.476. The molecule has 0 fully saturated rings. The van der Waals surface area contributed by atoms with Gasteiger partial charge in [0.25, 0.3) is 5.91 Å². The topological polar surface area (TPSA) is 102 Å². The van der Waals surface area contributed by atoms with E-state index in [9.17, 15) is 37.7 Å². The summed E-state index contributed by atoms with van der Waals surface area (Å²) in [5, 5.41) is 32.4. The van der Waals surface area contributed by atoms with Crippen molar-refractivity contribution in [2.75, 3.05) is 5.75 Å². The first-order valence-electron chi connectivity index (χ1n) is 9.82. The second-order valence-electron chi connectivity index (χ2n) is 8.35. The van der Waals surface area contributed by atoms with Gasteiger partial charge in [0.1, 0.15) is 17.3 Å². The molecule has 0 aliphatic carbocycles. The molecule has 178 valence electrons. The molecule has 1 aliphatic heterocycles. The molecule has 0 spiro atoms. The molecule has 11 heteroatoms. The summed E-state index contributed by atoms with van der Waals surface area (Å²) in [6, 6.07) is 8.51. The molecule has 2 unspecified atom stereocenters. The van der Waals surface area contributed by atoms with Crippen LogP contribution in [0.25, 0.3) is 0 Å². The van der Waals surface area contributed by atoms with Crippen LogP contribution in [-0.2, 0) is 10.2 Å². The monoisotopic (exact) mass is 486 g/mol. The molecule has 1 heterocycles. The van der Waals surface area contributed by atoms with Gasteiger partial charge in [-0.15, -0.1) is 0 Å². The zero-order valence-corrected chi connectivity index (χ0v) is 18.5. The first-order valence-corrected chi connectivity index (χ1v) is 10.8. The number of amides is 1. The van der Waals surface area contributed by atoms with Gasteiger partial charge in [0, 0.05) is 23.3 Å². The third kappa shape index (κ3) is 5.09. The molecule has 2 atom stereocenters. The molecule has 1 aliphatic rings. The molecular formula is C22H22F4N2O4S. The Bertz CT molecular complexity index is 1090. The number of para-hydroxylation sites is 1. The minimum absolute atomic E-state index is 0.0390. The van der Waals surface area contributed by atoms with Gasteiger partial charge in [-0.3, -0.25) is 9.79 Å². The molecule has 0 saturated carbocycles. The second kappa shape index (κ2) is 8.86. The van der Waals surface area contributed by atoms with E-state index in [1.54, 1.807) is 18.2 Å². The van der Waals surface area contributed by atoms with Crippen LogP contribution in [-0.4, -0.2) is 43.9 Å². The SMILES string of the molecule is CC(C)(CC(O)(C(=O)NC1=NC(c2ccccc2O)CS1)C(F)(F)F)c1cc(F)ccc1O. The van der Waals surface area contributed by atoms with Crippen LogP contribution >= 0.6 is 11.8 Å². The molecule has 0 saturated heterocycles. The summed E-state index contributed by atoms with van der Waals surface area (Å²) in [5.41, 5.74) is -5.24. The third-order valence-corrected chi connectivity index (χ3v) is 6.36. The summed E-state index contributed by atoms with van der Waals surface area (Å²) in [5.74, 6) is -2.78. The number of nitrogens with one attached hydrogen (secondary N) is 1. The standard InChI is InChI=1S/C22H22F4N2O4S/c1-20(2,14-9-12(23)7-8-17(14)30)11-21(32,22(24,25)26)18(31)28-19-27-15(10-33-19)13-5-3-4-6-16(13)29/h3-9,15,29-30,32H,10-11H2,1-2H3,(H,27,28,31).